The van der Waals surface area contributed by atoms with Gasteiger partial charge in [0.15, 0.2) is 0 Å². The van der Waals surface area contributed by atoms with Crippen molar-refractivity contribution < 1.29 is 18.9 Å². The number of rotatable bonds is 16. The predicted molar refractivity (Wildman–Crippen MR) is 161 cm³/mol. The number of fused-ring (bicyclic) bond motifs is 2. The van der Waals surface area contributed by atoms with Gasteiger partial charge in [0, 0.05) is 10.8 Å². The highest BCUT2D eigenvalue weighted by Gasteiger charge is 2.25. The topological polar surface area (TPSA) is 36.9 Å². The molecule has 3 aromatic carbocycles. The van der Waals surface area contributed by atoms with E-state index in [9.17, 15) is 0 Å². The molecule has 0 aliphatic carbocycles. The molecule has 0 heterocycles. The van der Waals surface area contributed by atoms with Crippen molar-refractivity contribution in [3.05, 3.63) is 36.4 Å². The van der Waals surface area contributed by atoms with Gasteiger partial charge in [-0.3, -0.25) is 0 Å². The van der Waals surface area contributed by atoms with E-state index in [1.807, 2.05) is 0 Å². The molecule has 0 aliphatic rings. The Morgan fingerprint density at radius 3 is 1.18 bits per heavy atom. The SMILES string of the molecule is CCCC(C)Oc1c2cccc(OC(C)CCC)c2c(OC(C)CCC)c2c(OC(C)CCC)cccc12. The molecule has 0 bridgehead atoms. The lowest BCUT2D eigenvalue weighted by molar-refractivity contribution is 0.200. The van der Waals surface area contributed by atoms with Crippen LogP contribution in [0, 0.1) is 0 Å². The van der Waals surface area contributed by atoms with E-state index in [0.717, 1.165) is 95.9 Å². The zero-order chi connectivity index (χ0) is 27.7. The van der Waals surface area contributed by atoms with Crippen LogP contribution in [0.15, 0.2) is 36.4 Å². The van der Waals surface area contributed by atoms with Crippen LogP contribution >= 0.6 is 0 Å². The van der Waals surface area contributed by atoms with Gasteiger partial charge in [0.1, 0.15) is 23.0 Å². The van der Waals surface area contributed by atoms with Gasteiger partial charge in [0.25, 0.3) is 0 Å². The number of ether oxygens (including phenoxy) is 4. The summed E-state index contributed by atoms with van der Waals surface area (Å²) in [5.74, 6) is 3.40. The Morgan fingerprint density at radius 1 is 0.474 bits per heavy atom. The average Bonchev–Trinajstić information content (AvgIpc) is 2.86. The standard InChI is InChI=1S/C34H50O4/c1-9-15-23(5)35-29-21-13-19-27-31(29)34(38-26(8)18-12-4)32-28(33(27)37-25(7)17-11-3)20-14-22-30(32)36-24(6)16-10-2/h13-14,19-26H,9-12,15-18H2,1-8H3. The molecule has 0 radical (unpaired) electrons. The van der Waals surface area contributed by atoms with Crippen molar-refractivity contribution in [1.82, 2.24) is 0 Å². The maximum absolute atomic E-state index is 6.84. The second-order valence-electron chi connectivity index (χ2n) is 10.9. The van der Waals surface area contributed by atoms with Gasteiger partial charge in [-0.2, -0.15) is 0 Å². The van der Waals surface area contributed by atoms with Gasteiger partial charge >= 0.3 is 0 Å². The molecule has 38 heavy (non-hydrogen) atoms. The minimum atomic E-state index is 0.0550. The van der Waals surface area contributed by atoms with Crippen molar-refractivity contribution in [3.8, 4) is 23.0 Å². The lowest BCUT2D eigenvalue weighted by atomic mass is 9.98. The summed E-state index contributed by atoms with van der Waals surface area (Å²) >= 11 is 0. The number of benzene rings is 3. The molecule has 4 nitrogen and oxygen atoms in total. The van der Waals surface area contributed by atoms with Crippen molar-refractivity contribution in [2.75, 3.05) is 0 Å². The van der Waals surface area contributed by atoms with E-state index in [-0.39, 0.29) is 24.4 Å². The molecule has 0 fully saturated rings. The van der Waals surface area contributed by atoms with Crippen LogP contribution in [0.25, 0.3) is 21.5 Å². The van der Waals surface area contributed by atoms with Crippen LogP contribution in [0.1, 0.15) is 107 Å². The summed E-state index contributed by atoms with van der Waals surface area (Å²) in [6, 6.07) is 12.6. The predicted octanol–water partition coefficient (Wildman–Crippen LogP) is 10.3. The summed E-state index contributed by atoms with van der Waals surface area (Å²) in [5, 5.41) is 4.01. The van der Waals surface area contributed by atoms with Crippen molar-refractivity contribution in [2.24, 2.45) is 0 Å². The van der Waals surface area contributed by atoms with Gasteiger partial charge in [-0.25, -0.2) is 0 Å². The van der Waals surface area contributed by atoms with Gasteiger partial charge in [0.2, 0.25) is 0 Å². The first-order valence-electron chi connectivity index (χ1n) is 15.0. The van der Waals surface area contributed by atoms with Crippen molar-refractivity contribution in [3.63, 3.8) is 0 Å². The van der Waals surface area contributed by atoms with Gasteiger partial charge < -0.3 is 18.9 Å². The zero-order valence-corrected chi connectivity index (χ0v) is 25.1. The molecule has 0 aromatic heterocycles. The Balaban J connectivity index is 2.40. The first kappa shape index (κ1) is 29.9. The average molecular weight is 523 g/mol. The largest absolute Gasteiger partial charge is 0.490 e. The summed E-state index contributed by atoms with van der Waals surface area (Å²) in [6.07, 6.45) is 8.55. The van der Waals surface area contributed by atoms with Crippen molar-refractivity contribution >= 4 is 21.5 Å². The molecule has 4 unspecified atom stereocenters. The van der Waals surface area contributed by atoms with Gasteiger partial charge in [-0.05, 0) is 65.5 Å². The van der Waals surface area contributed by atoms with E-state index in [2.05, 4.69) is 91.8 Å². The van der Waals surface area contributed by atoms with Crippen LogP contribution in [0.3, 0.4) is 0 Å². The van der Waals surface area contributed by atoms with E-state index in [4.69, 9.17) is 18.9 Å². The third-order valence-electron chi connectivity index (χ3n) is 7.07. The van der Waals surface area contributed by atoms with E-state index in [1.54, 1.807) is 0 Å². The molecular formula is C34H50O4. The first-order valence-corrected chi connectivity index (χ1v) is 15.0. The van der Waals surface area contributed by atoms with E-state index in [0.29, 0.717) is 0 Å². The minimum absolute atomic E-state index is 0.0550. The fourth-order valence-electron chi connectivity index (χ4n) is 5.32. The molecule has 4 heteroatoms. The lowest BCUT2D eigenvalue weighted by Crippen LogP contribution is -2.16. The molecule has 4 atom stereocenters. The van der Waals surface area contributed by atoms with Crippen LogP contribution in [0.2, 0.25) is 0 Å². The summed E-state index contributed by atoms with van der Waals surface area (Å²) in [6.45, 7) is 17.4. The third-order valence-corrected chi connectivity index (χ3v) is 7.07. The Kier molecular flexibility index (Phi) is 11.4. The van der Waals surface area contributed by atoms with Crippen LogP contribution in [-0.4, -0.2) is 24.4 Å². The quantitative estimate of drug-likeness (QED) is 0.175. The molecule has 0 N–H and O–H groups in total. The Hall–Kier alpha value is -2.62. The molecule has 0 spiro atoms. The number of hydrogen-bond acceptors (Lipinski definition) is 4. The van der Waals surface area contributed by atoms with Crippen molar-refractivity contribution in [1.29, 1.82) is 0 Å². The molecule has 210 valence electrons. The summed E-state index contributed by atoms with van der Waals surface area (Å²) in [7, 11) is 0. The Morgan fingerprint density at radius 2 is 0.816 bits per heavy atom. The van der Waals surface area contributed by atoms with Crippen LogP contribution < -0.4 is 18.9 Å². The molecule has 0 saturated carbocycles. The molecule has 0 amide bonds. The molecule has 3 rings (SSSR count). The molecular weight excluding hydrogens is 472 g/mol. The highest BCUT2D eigenvalue weighted by molar-refractivity contribution is 6.15. The maximum atomic E-state index is 6.84. The summed E-state index contributed by atoms with van der Waals surface area (Å²) in [4.78, 5) is 0. The first-order chi connectivity index (χ1) is 18.3. The smallest absolute Gasteiger partial charge is 0.143 e. The fourth-order valence-corrected chi connectivity index (χ4v) is 5.32. The highest BCUT2D eigenvalue weighted by atomic mass is 16.5. The molecule has 0 saturated heterocycles. The van der Waals surface area contributed by atoms with Gasteiger partial charge in [-0.15, -0.1) is 0 Å². The van der Waals surface area contributed by atoms with Gasteiger partial charge in [-0.1, -0.05) is 77.6 Å². The van der Waals surface area contributed by atoms with E-state index < -0.39 is 0 Å². The number of hydrogen-bond donors (Lipinski definition) is 0. The highest BCUT2D eigenvalue weighted by Crippen LogP contribution is 2.50. The molecule has 0 aliphatic heterocycles. The van der Waals surface area contributed by atoms with Gasteiger partial charge in [0.05, 0.1) is 35.2 Å². The Labute approximate surface area is 231 Å². The summed E-state index contributed by atoms with van der Waals surface area (Å²) in [5.41, 5.74) is 0. The Bertz CT molecular complexity index is 1080. The van der Waals surface area contributed by atoms with Crippen LogP contribution in [0.4, 0.5) is 0 Å². The fraction of sp³-hybridized carbons (Fsp3) is 0.588. The zero-order valence-electron chi connectivity index (χ0n) is 25.1. The van der Waals surface area contributed by atoms with Crippen LogP contribution in [-0.2, 0) is 0 Å². The van der Waals surface area contributed by atoms with Crippen molar-refractivity contribution in [2.45, 2.75) is 131 Å². The lowest BCUT2D eigenvalue weighted by Gasteiger charge is -2.26. The molecule has 3 aromatic rings. The second kappa shape index (κ2) is 14.5. The third kappa shape index (κ3) is 7.27. The monoisotopic (exact) mass is 522 g/mol. The van der Waals surface area contributed by atoms with E-state index in [1.165, 1.54) is 0 Å². The van der Waals surface area contributed by atoms with Crippen LogP contribution in [0.5, 0.6) is 23.0 Å². The normalized spacial score (nSPS) is 14.7. The second-order valence-corrected chi connectivity index (χ2v) is 10.9. The minimum Gasteiger partial charge on any atom is -0.490 e. The van der Waals surface area contributed by atoms with E-state index >= 15 is 0 Å². The maximum Gasteiger partial charge on any atom is 0.143 e. The summed E-state index contributed by atoms with van der Waals surface area (Å²) < 4.78 is 26.8.